The molecule has 1 N–H and O–H groups in total. The molecule has 0 fully saturated rings. The third kappa shape index (κ3) is 4.53. The molecule has 0 amide bonds. The highest BCUT2D eigenvalue weighted by molar-refractivity contribution is 5.92. The van der Waals surface area contributed by atoms with Crippen molar-refractivity contribution >= 4 is 5.78 Å². The summed E-state index contributed by atoms with van der Waals surface area (Å²) in [5.41, 5.74) is 0.537. The van der Waals surface area contributed by atoms with Gasteiger partial charge in [-0.3, -0.25) is 9.69 Å². The third-order valence-corrected chi connectivity index (χ3v) is 2.20. The van der Waals surface area contributed by atoms with Crippen molar-refractivity contribution in [2.45, 2.75) is 33.2 Å². The normalized spacial score (nSPS) is 11.9. The average Bonchev–Trinajstić information content (AvgIpc) is 2.01. The molecule has 0 spiro atoms. The number of nitrogens with zero attached hydrogens (tertiary/aromatic N) is 1. The third-order valence-electron chi connectivity index (χ3n) is 2.20. The highest BCUT2D eigenvalue weighted by Crippen LogP contribution is 2.14. The summed E-state index contributed by atoms with van der Waals surface area (Å²) in [5, 5.41) is 8.90. The first-order chi connectivity index (χ1) is 6.29. The molecule has 0 saturated heterocycles. The topological polar surface area (TPSA) is 40.5 Å². The van der Waals surface area contributed by atoms with Gasteiger partial charge in [-0.2, -0.15) is 0 Å². The number of rotatable bonds is 5. The summed E-state index contributed by atoms with van der Waals surface area (Å²) in [5.74, 6) is 0.0113. The van der Waals surface area contributed by atoms with Crippen LogP contribution in [0.3, 0.4) is 0 Å². The monoisotopic (exact) mass is 199 g/mol. The lowest BCUT2D eigenvalue weighted by Gasteiger charge is -2.35. The molecular formula is C11H21NO2. The van der Waals surface area contributed by atoms with Crippen LogP contribution in [0.1, 0.15) is 27.7 Å². The Bertz CT molecular complexity index is 216. The van der Waals surface area contributed by atoms with Crippen LogP contribution >= 0.6 is 0 Å². The molecule has 0 heterocycles. The van der Waals surface area contributed by atoms with E-state index in [1.807, 2.05) is 4.90 Å². The minimum atomic E-state index is -0.0544. The maximum Gasteiger partial charge on any atom is 0.156 e. The van der Waals surface area contributed by atoms with Crippen LogP contribution < -0.4 is 0 Å². The van der Waals surface area contributed by atoms with E-state index in [4.69, 9.17) is 5.11 Å². The van der Waals surface area contributed by atoms with Crippen molar-refractivity contribution in [3.8, 4) is 0 Å². The molecule has 0 aliphatic heterocycles. The Morgan fingerprint density at radius 1 is 1.43 bits per heavy atom. The van der Waals surface area contributed by atoms with Gasteiger partial charge in [-0.1, -0.05) is 6.58 Å². The van der Waals surface area contributed by atoms with Gasteiger partial charge in [0, 0.05) is 24.2 Å². The lowest BCUT2D eigenvalue weighted by molar-refractivity contribution is -0.114. The van der Waals surface area contributed by atoms with Crippen LogP contribution in [0.5, 0.6) is 0 Å². The van der Waals surface area contributed by atoms with Crippen LogP contribution in [0.25, 0.3) is 0 Å². The quantitative estimate of drug-likeness (QED) is 0.677. The molecule has 0 aliphatic carbocycles. The Balaban J connectivity index is 4.38. The molecule has 0 atom stereocenters. The lowest BCUT2D eigenvalue weighted by Crippen LogP contribution is -2.44. The minimum absolute atomic E-state index is 0.0113. The van der Waals surface area contributed by atoms with Gasteiger partial charge in [-0.05, 0) is 27.7 Å². The van der Waals surface area contributed by atoms with Crippen molar-refractivity contribution in [1.29, 1.82) is 0 Å². The van der Waals surface area contributed by atoms with E-state index in [9.17, 15) is 4.79 Å². The van der Waals surface area contributed by atoms with E-state index in [2.05, 4.69) is 27.4 Å². The van der Waals surface area contributed by atoms with E-state index in [0.29, 0.717) is 18.7 Å². The van der Waals surface area contributed by atoms with Crippen LogP contribution in [-0.2, 0) is 4.79 Å². The predicted octanol–water partition coefficient (Wildman–Crippen LogP) is 1.22. The fraction of sp³-hybridized carbons (Fsp3) is 0.727. The van der Waals surface area contributed by atoms with Gasteiger partial charge in [0.15, 0.2) is 5.78 Å². The zero-order valence-electron chi connectivity index (χ0n) is 9.63. The lowest BCUT2D eigenvalue weighted by atomic mass is 10.0. The van der Waals surface area contributed by atoms with E-state index in [-0.39, 0.29) is 17.9 Å². The van der Waals surface area contributed by atoms with Gasteiger partial charge < -0.3 is 5.11 Å². The van der Waals surface area contributed by atoms with Crippen LogP contribution in [-0.4, -0.2) is 41.0 Å². The highest BCUT2D eigenvalue weighted by Gasteiger charge is 2.21. The second kappa shape index (κ2) is 5.27. The molecule has 0 radical (unpaired) electrons. The van der Waals surface area contributed by atoms with Crippen LogP contribution in [0.15, 0.2) is 12.2 Å². The molecular weight excluding hydrogens is 178 g/mol. The van der Waals surface area contributed by atoms with Gasteiger partial charge in [0.25, 0.3) is 0 Å². The molecule has 0 aliphatic rings. The first kappa shape index (κ1) is 13.3. The summed E-state index contributed by atoms with van der Waals surface area (Å²) >= 11 is 0. The van der Waals surface area contributed by atoms with Crippen molar-refractivity contribution in [3.05, 3.63) is 12.2 Å². The maximum absolute atomic E-state index is 11.0. The van der Waals surface area contributed by atoms with E-state index in [1.165, 1.54) is 6.92 Å². The van der Waals surface area contributed by atoms with Crippen molar-refractivity contribution < 1.29 is 9.90 Å². The number of carbonyl (C=O) groups excluding carboxylic acids is 1. The number of carbonyl (C=O) groups is 1. The summed E-state index contributed by atoms with van der Waals surface area (Å²) in [4.78, 5) is 13.1. The summed E-state index contributed by atoms with van der Waals surface area (Å²) in [7, 11) is 0. The predicted molar refractivity (Wildman–Crippen MR) is 58.2 cm³/mol. The van der Waals surface area contributed by atoms with Crippen LogP contribution in [0.4, 0.5) is 0 Å². The van der Waals surface area contributed by atoms with Gasteiger partial charge >= 0.3 is 0 Å². The summed E-state index contributed by atoms with van der Waals surface area (Å²) in [6.07, 6.45) is 0. The van der Waals surface area contributed by atoms with Gasteiger partial charge in [0.05, 0.1) is 6.61 Å². The fourth-order valence-corrected chi connectivity index (χ4v) is 1.11. The second-order valence-electron chi connectivity index (χ2n) is 4.48. The van der Waals surface area contributed by atoms with Gasteiger partial charge in [0.1, 0.15) is 0 Å². The van der Waals surface area contributed by atoms with E-state index in [0.717, 1.165) is 0 Å². The summed E-state index contributed by atoms with van der Waals surface area (Å²) in [6.45, 7) is 12.6. The molecule has 3 heteroatoms. The average molecular weight is 199 g/mol. The number of ketones is 1. The maximum atomic E-state index is 11.0. The Morgan fingerprint density at radius 2 is 1.93 bits per heavy atom. The molecule has 0 unspecified atom stereocenters. The summed E-state index contributed by atoms with van der Waals surface area (Å²) < 4.78 is 0. The Labute approximate surface area is 86.4 Å². The zero-order valence-corrected chi connectivity index (χ0v) is 9.63. The van der Waals surface area contributed by atoms with Crippen LogP contribution in [0.2, 0.25) is 0 Å². The molecule has 82 valence electrons. The van der Waals surface area contributed by atoms with Gasteiger partial charge in [-0.15, -0.1) is 0 Å². The second-order valence-corrected chi connectivity index (χ2v) is 4.48. The molecule has 0 bridgehead atoms. The summed E-state index contributed by atoms with van der Waals surface area (Å²) in [6, 6.07) is 0. The van der Waals surface area contributed by atoms with E-state index in [1.54, 1.807) is 0 Å². The Hall–Kier alpha value is -0.670. The number of aliphatic hydroxyl groups is 1. The Morgan fingerprint density at radius 3 is 2.21 bits per heavy atom. The van der Waals surface area contributed by atoms with Gasteiger partial charge in [-0.25, -0.2) is 0 Å². The highest BCUT2D eigenvalue weighted by atomic mass is 16.3. The number of aliphatic hydroxyl groups excluding tert-OH is 1. The number of hydrogen-bond donors (Lipinski definition) is 1. The molecule has 3 nitrogen and oxygen atoms in total. The first-order valence-corrected chi connectivity index (χ1v) is 4.83. The number of hydrogen-bond acceptors (Lipinski definition) is 3. The molecule has 14 heavy (non-hydrogen) atoms. The molecule has 0 rings (SSSR count). The van der Waals surface area contributed by atoms with Crippen molar-refractivity contribution in [3.63, 3.8) is 0 Å². The van der Waals surface area contributed by atoms with Gasteiger partial charge in [0.2, 0.25) is 0 Å². The molecule has 0 aromatic heterocycles. The minimum Gasteiger partial charge on any atom is -0.395 e. The number of β-amino-alcohol motifs (C(OH)–C–C–N with tert-alkyl or cyclic N) is 1. The van der Waals surface area contributed by atoms with Crippen LogP contribution in [0, 0.1) is 0 Å². The van der Waals surface area contributed by atoms with Crippen molar-refractivity contribution in [2.24, 2.45) is 0 Å². The fourth-order valence-electron chi connectivity index (χ4n) is 1.11. The zero-order chi connectivity index (χ0) is 11.4. The van der Waals surface area contributed by atoms with Crippen molar-refractivity contribution in [1.82, 2.24) is 4.90 Å². The smallest absolute Gasteiger partial charge is 0.156 e. The Kier molecular flexibility index (Phi) is 5.02. The number of Topliss-reactive ketones (excluding diaryl/α,β-unsaturated/α-hetero) is 1. The SMILES string of the molecule is C=C(CN(CCO)C(C)(C)C)C(C)=O. The molecule has 0 saturated carbocycles. The molecule has 0 aromatic carbocycles. The first-order valence-electron chi connectivity index (χ1n) is 4.83. The molecule has 0 aromatic rings. The van der Waals surface area contributed by atoms with E-state index < -0.39 is 0 Å². The van der Waals surface area contributed by atoms with E-state index >= 15 is 0 Å². The largest absolute Gasteiger partial charge is 0.395 e. The standard InChI is InChI=1S/C11H21NO2/c1-9(10(2)14)8-12(6-7-13)11(3,4)5/h13H,1,6-8H2,2-5H3. The van der Waals surface area contributed by atoms with Crippen molar-refractivity contribution in [2.75, 3.05) is 19.7 Å².